The Bertz CT molecular complexity index is 839. The standard InChI is InChI=1S/C22H25NO3/c1-5-26-20-11-10-16(13-21(20)25-4)12-18-17-8-6-7-9-19(17)23(22(18)24)14-15(2)3/h6-13,15H,5,14H2,1-4H3/b18-12-. The van der Waals surface area contributed by atoms with E-state index in [1.54, 1.807) is 7.11 Å². The topological polar surface area (TPSA) is 38.8 Å². The van der Waals surface area contributed by atoms with Gasteiger partial charge in [0.05, 0.1) is 19.4 Å². The third-order valence-corrected chi connectivity index (χ3v) is 4.31. The van der Waals surface area contributed by atoms with Gasteiger partial charge in [-0.2, -0.15) is 0 Å². The fourth-order valence-corrected chi connectivity index (χ4v) is 3.21. The number of carbonyl (C=O) groups excluding carboxylic acids is 1. The van der Waals surface area contributed by atoms with E-state index in [1.165, 1.54) is 0 Å². The highest BCUT2D eigenvalue weighted by Crippen LogP contribution is 2.38. The molecule has 0 N–H and O–H groups in total. The van der Waals surface area contributed by atoms with Crippen LogP contribution >= 0.6 is 0 Å². The zero-order valence-electron chi connectivity index (χ0n) is 15.8. The van der Waals surface area contributed by atoms with Crippen LogP contribution in [0.4, 0.5) is 5.69 Å². The second-order valence-electron chi connectivity index (χ2n) is 6.73. The molecule has 0 saturated heterocycles. The largest absolute Gasteiger partial charge is 0.493 e. The molecular weight excluding hydrogens is 326 g/mol. The van der Waals surface area contributed by atoms with Crippen LogP contribution in [-0.4, -0.2) is 26.2 Å². The molecule has 1 heterocycles. The maximum absolute atomic E-state index is 13.0. The molecule has 2 aromatic carbocycles. The second kappa shape index (κ2) is 7.65. The third kappa shape index (κ3) is 3.45. The van der Waals surface area contributed by atoms with Crippen molar-refractivity contribution in [2.45, 2.75) is 20.8 Å². The maximum atomic E-state index is 13.0. The Labute approximate surface area is 155 Å². The molecule has 4 heteroatoms. The summed E-state index contributed by atoms with van der Waals surface area (Å²) in [5, 5.41) is 0. The summed E-state index contributed by atoms with van der Waals surface area (Å²) in [6.45, 7) is 7.46. The molecule has 0 aliphatic carbocycles. The minimum Gasteiger partial charge on any atom is -0.493 e. The summed E-state index contributed by atoms with van der Waals surface area (Å²) in [5.74, 6) is 1.82. The summed E-state index contributed by atoms with van der Waals surface area (Å²) in [4.78, 5) is 14.9. The van der Waals surface area contributed by atoms with Crippen molar-refractivity contribution in [2.24, 2.45) is 5.92 Å². The van der Waals surface area contributed by atoms with Crippen LogP contribution in [0.1, 0.15) is 31.9 Å². The molecule has 1 amide bonds. The lowest BCUT2D eigenvalue weighted by Gasteiger charge is -2.19. The molecule has 0 atom stereocenters. The summed E-state index contributed by atoms with van der Waals surface area (Å²) in [5.41, 5.74) is 3.59. The van der Waals surface area contributed by atoms with Gasteiger partial charge in [-0.15, -0.1) is 0 Å². The lowest BCUT2D eigenvalue weighted by atomic mass is 10.0. The van der Waals surface area contributed by atoms with Crippen LogP contribution in [0.15, 0.2) is 42.5 Å². The van der Waals surface area contributed by atoms with Gasteiger partial charge in [-0.3, -0.25) is 4.79 Å². The predicted octanol–water partition coefficient (Wildman–Crippen LogP) is 4.64. The van der Waals surface area contributed by atoms with Gasteiger partial charge in [0.2, 0.25) is 0 Å². The highest BCUT2D eigenvalue weighted by atomic mass is 16.5. The number of nitrogens with zero attached hydrogens (tertiary/aromatic N) is 1. The quantitative estimate of drug-likeness (QED) is 0.712. The molecule has 1 aliphatic rings. The van der Waals surface area contributed by atoms with Crippen LogP contribution in [0.5, 0.6) is 11.5 Å². The van der Waals surface area contributed by atoms with Crippen molar-refractivity contribution in [2.75, 3.05) is 25.2 Å². The Kier molecular flexibility index (Phi) is 5.31. The Morgan fingerprint density at radius 3 is 2.58 bits per heavy atom. The lowest BCUT2D eigenvalue weighted by Crippen LogP contribution is -2.30. The van der Waals surface area contributed by atoms with E-state index in [0.29, 0.717) is 36.1 Å². The van der Waals surface area contributed by atoms with Gasteiger partial charge in [0.1, 0.15) is 0 Å². The van der Waals surface area contributed by atoms with Crippen LogP contribution in [0.25, 0.3) is 11.6 Å². The normalized spacial score (nSPS) is 14.9. The molecule has 3 rings (SSSR count). The van der Waals surface area contributed by atoms with E-state index >= 15 is 0 Å². The molecule has 2 aromatic rings. The number of hydrogen-bond donors (Lipinski definition) is 0. The molecule has 4 nitrogen and oxygen atoms in total. The molecule has 26 heavy (non-hydrogen) atoms. The van der Waals surface area contributed by atoms with Gasteiger partial charge in [-0.1, -0.05) is 38.1 Å². The molecule has 136 valence electrons. The first-order valence-electron chi connectivity index (χ1n) is 8.99. The van der Waals surface area contributed by atoms with Gasteiger partial charge >= 0.3 is 0 Å². The monoisotopic (exact) mass is 351 g/mol. The zero-order valence-corrected chi connectivity index (χ0v) is 15.8. The van der Waals surface area contributed by atoms with Gasteiger partial charge in [-0.25, -0.2) is 0 Å². The zero-order chi connectivity index (χ0) is 18.7. The number of para-hydroxylation sites is 1. The molecule has 1 aliphatic heterocycles. The molecular formula is C22H25NO3. The number of methoxy groups -OCH3 is 1. The lowest BCUT2D eigenvalue weighted by molar-refractivity contribution is -0.113. The number of amides is 1. The van der Waals surface area contributed by atoms with Crippen LogP contribution in [0.2, 0.25) is 0 Å². The molecule has 0 fully saturated rings. The van der Waals surface area contributed by atoms with Gasteiger partial charge in [0.15, 0.2) is 11.5 Å². The number of rotatable bonds is 6. The fourth-order valence-electron chi connectivity index (χ4n) is 3.21. The van der Waals surface area contributed by atoms with E-state index in [0.717, 1.165) is 16.8 Å². The Balaban J connectivity index is 2.02. The average Bonchev–Trinajstić information content (AvgIpc) is 2.88. The van der Waals surface area contributed by atoms with Crippen molar-refractivity contribution in [3.63, 3.8) is 0 Å². The van der Waals surface area contributed by atoms with Crippen molar-refractivity contribution in [3.8, 4) is 11.5 Å². The molecule has 0 spiro atoms. The van der Waals surface area contributed by atoms with Crippen LogP contribution < -0.4 is 14.4 Å². The summed E-state index contributed by atoms with van der Waals surface area (Å²) < 4.78 is 11.0. The smallest absolute Gasteiger partial charge is 0.259 e. The average molecular weight is 351 g/mol. The first-order chi connectivity index (χ1) is 12.5. The Morgan fingerprint density at radius 1 is 1.12 bits per heavy atom. The van der Waals surface area contributed by atoms with E-state index in [4.69, 9.17) is 9.47 Å². The molecule has 0 unspecified atom stereocenters. The van der Waals surface area contributed by atoms with Crippen molar-refractivity contribution < 1.29 is 14.3 Å². The van der Waals surface area contributed by atoms with Crippen LogP contribution in [0.3, 0.4) is 0 Å². The number of carbonyl (C=O) groups is 1. The van der Waals surface area contributed by atoms with E-state index in [1.807, 2.05) is 60.4 Å². The van der Waals surface area contributed by atoms with Gasteiger partial charge in [0, 0.05) is 17.7 Å². The number of benzene rings is 2. The van der Waals surface area contributed by atoms with Crippen molar-refractivity contribution in [1.29, 1.82) is 0 Å². The Morgan fingerprint density at radius 2 is 1.88 bits per heavy atom. The van der Waals surface area contributed by atoms with E-state index < -0.39 is 0 Å². The van der Waals surface area contributed by atoms with Crippen molar-refractivity contribution in [3.05, 3.63) is 53.6 Å². The summed E-state index contributed by atoms with van der Waals surface area (Å²) in [7, 11) is 1.62. The molecule has 0 radical (unpaired) electrons. The Hall–Kier alpha value is -2.75. The number of anilines is 1. The first-order valence-corrected chi connectivity index (χ1v) is 8.99. The van der Waals surface area contributed by atoms with E-state index in [-0.39, 0.29) is 5.91 Å². The number of hydrogen-bond acceptors (Lipinski definition) is 3. The highest BCUT2D eigenvalue weighted by Gasteiger charge is 2.32. The van der Waals surface area contributed by atoms with E-state index in [2.05, 4.69) is 13.8 Å². The molecule has 0 bridgehead atoms. The number of ether oxygens (including phenoxy) is 2. The maximum Gasteiger partial charge on any atom is 0.259 e. The number of fused-ring (bicyclic) bond motifs is 1. The molecule has 0 aromatic heterocycles. The second-order valence-corrected chi connectivity index (χ2v) is 6.73. The van der Waals surface area contributed by atoms with Gasteiger partial charge in [-0.05, 0) is 42.7 Å². The summed E-state index contributed by atoms with van der Waals surface area (Å²) in [6.07, 6.45) is 1.93. The summed E-state index contributed by atoms with van der Waals surface area (Å²) in [6, 6.07) is 13.7. The van der Waals surface area contributed by atoms with Crippen LogP contribution in [0, 0.1) is 5.92 Å². The van der Waals surface area contributed by atoms with E-state index in [9.17, 15) is 4.79 Å². The van der Waals surface area contributed by atoms with Gasteiger partial charge in [0.25, 0.3) is 5.91 Å². The summed E-state index contributed by atoms with van der Waals surface area (Å²) >= 11 is 0. The van der Waals surface area contributed by atoms with Crippen molar-refractivity contribution >= 4 is 23.2 Å². The third-order valence-electron chi connectivity index (χ3n) is 4.31. The SMILES string of the molecule is CCOc1ccc(/C=C2\C(=O)N(CC(C)C)c3ccccc32)cc1OC. The molecule has 0 saturated carbocycles. The minimum absolute atomic E-state index is 0.0488. The van der Waals surface area contributed by atoms with Crippen molar-refractivity contribution in [1.82, 2.24) is 0 Å². The first kappa shape index (κ1) is 18.1. The van der Waals surface area contributed by atoms with Gasteiger partial charge < -0.3 is 14.4 Å². The predicted molar refractivity (Wildman–Crippen MR) is 106 cm³/mol. The minimum atomic E-state index is 0.0488. The fraction of sp³-hybridized carbons (Fsp3) is 0.318. The highest BCUT2D eigenvalue weighted by molar-refractivity contribution is 6.35. The van der Waals surface area contributed by atoms with Crippen LogP contribution in [-0.2, 0) is 4.79 Å².